The predicted octanol–water partition coefficient (Wildman–Crippen LogP) is 2.07. The van der Waals surface area contributed by atoms with Crippen molar-refractivity contribution >= 4 is 21.8 Å². The van der Waals surface area contributed by atoms with Gasteiger partial charge in [-0.05, 0) is 34.1 Å². The van der Waals surface area contributed by atoms with Gasteiger partial charge in [0, 0.05) is 31.8 Å². The molecule has 0 saturated carbocycles. The molecule has 104 valence electrons. The normalized spacial score (nSPS) is 22.8. The smallest absolute Gasteiger partial charge is 0.255 e. The van der Waals surface area contributed by atoms with Gasteiger partial charge in [-0.25, -0.2) is 4.39 Å². The van der Waals surface area contributed by atoms with Crippen LogP contribution in [-0.2, 0) is 9.47 Å². The van der Waals surface area contributed by atoms with Gasteiger partial charge in [0.25, 0.3) is 5.91 Å². The Kier molecular flexibility index (Phi) is 4.54. The molecule has 0 aliphatic carbocycles. The summed E-state index contributed by atoms with van der Waals surface area (Å²) in [5, 5.41) is 0. The standard InChI is InChI=1S/C13H15BrFNO3/c1-18-11-6-16(7-12(11)19-2)13(17)9-5-8(15)3-4-10(9)14/h3-5,11-12H,6-7H2,1-2H3. The van der Waals surface area contributed by atoms with Gasteiger partial charge in [0.05, 0.1) is 5.56 Å². The Morgan fingerprint density at radius 1 is 1.32 bits per heavy atom. The number of ether oxygens (including phenoxy) is 2. The highest BCUT2D eigenvalue weighted by Crippen LogP contribution is 2.23. The molecule has 0 spiro atoms. The van der Waals surface area contributed by atoms with E-state index in [4.69, 9.17) is 9.47 Å². The van der Waals surface area contributed by atoms with Crippen LogP contribution < -0.4 is 0 Å². The lowest BCUT2D eigenvalue weighted by Gasteiger charge is -2.16. The van der Waals surface area contributed by atoms with Crippen LogP contribution in [0.5, 0.6) is 0 Å². The van der Waals surface area contributed by atoms with E-state index < -0.39 is 5.82 Å². The Morgan fingerprint density at radius 2 is 1.89 bits per heavy atom. The second-order valence-electron chi connectivity index (χ2n) is 4.38. The molecular weight excluding hydrogens is 317 g/mol. The first kappa shape index (κ1) is 14.4. The molecule has 0 N–H and O–H groups in total. The van der Waals surface area contributed by atoms with Crippen LogP contribution in [0.15, 0.2) is 22.7 Å². The molecule has 1 heterocycles. The molecule has 19 heavy (non-hydrogen) atoms. The Morgan fingerprint density at radius 3 is 2.42 bits per heavy atom. The summed E-state index contributed by atoms with van der Waals surface area (Å²) >= 11 is 3.27. The van der Waals surface area contributed by atoms with Crippen LogP contribution in [0.2, 0.25) is 0 Å². The van der Waals surface area contributed by atoms with Crippen molar-refractivity contribution in [3.63, 3.8) is 0 Å². The molecule has 1 aromatic rings. The van der Waals surface area contributed by atoms with Gasteiger partial charge in [0.2, 0.25) is 0 Å². The third kappa shape index (κ3) is 2.96. The number of benzene rings is 1. The SMILES string of the molecule is COC1CN(C(=O)c2cc(F)ccc2Br)CC1OC. The second kappa shape index (κ2) is 5.98. The van der Waals surface area contributed by atoms with E-state index in [0.29, 0.717) is 23.1 Å². The van der Waals surface area contributed by atoms with Crippen molar-refractivity contribution in [3.05, 3.63) is 34.1 Å². The third-order valence-electron chi connectivity index (χ3n) is 3.27. The number of carbonyl (C=O) groups is 1. The van der Waals surface area contributed by atoms with Gasteiger partial charge in [-0.1, -0.05) is 0 Å². The Balaban J connectivity index is 2.19. The fourth-order valence-electron chi connectivity index (χ4n) is 2.19. The van der Waals surface area contributed by atoms with Crippen LogP contribution in [0.1, 0.15) is 10.4 Å². The summed E-state index contributed by atoms with van der Waals surface area (Å²) in [6, 6.07) is 4.06. The van der Waals surface area contributed by atoms with Gasteiger partial charge in [-0.2, -0.15) is 0 Å². The van der Waals surface area contributed by atoms with Gasteiger partial charge < -0.3 is 14.4 Å². The van der Waals surface area contributed by atoms with Crippen molar-refractivity contribution in [3.8, 4) is 0 Å². The van der Waals surface area contributed by atoms with Crippen LogP contribution in [-0.4, -0.2) is 50.3 Å². The van der Waals surface area contributed by atoms with E-state index in [1.54, 1.807) is 19.1 Å². The Hall–Kier alpha value is -0.980. The molecule has 2 rings (SSSR count). The molecule has 1 aliphatic heterocycles. The number of hydrogen-bond donors (Lipinski definition) is 0. The maximum atomic E-state index is 13.2. The van der Waals surface area contributed by atoms with E-state index in [0.717, 1.165) is 0 Å². The first-order valence-corrected chi connectivity index (χ1v) is 6.66. The molecule has 6 heteroatoms. The van der Waals surface area contributed by atoms with Crippen molar-refractivity contribution in [2.45, 2.75) is 12.2 Å². The molecule has 4 nitrogen and oxygen atoms in total. The van der Waals surface area contributed by atoms with E-state index in [1.165, 1.54) is 18.2 Å². The number of methoxy groups -OCH3 is 2. The van der Waals surface area contributed by atoms with E-state index in [-0.39, 0.29) is 18.1 Å². The molecular formula is C13H15BrFNO3. The molecule has 2 unspecified atom stereocenters. The van der Waals surface area contributed by atoms with E-state index in [1.807, 2.05) is 0 Å². The van der Waals surface area contributed by atoms with Crippen LogP contribution in [0, 0.1) is 5.82 Å². The summed E-state index contributed by atoms with van der Waals surface area (Å²) in [6.45, 7) is 0.883. The van der Waals surface area contributed by atoms with Crippen molar-refractivity contribution in [1.29, 1.82) is 0 Å². The number of nitrogens with zero attached hydrogens (tertiary/aromatic N) is 1. The van der Waals surface area contributed by atoms with Crippen molar-refractivity contribution in [1.82, 2.24) is 4.90 Å². The summed E-state index contributed by atoms with van der Waals surface area (Å²) < 4.78 is 24.4. The minimum atomic E-state index is -0.433. The van der Waals surface area contributed by atoms with E-state index in [9.17, 15) is 9.18 Å². The highest BCUT2D eigenvalue weighted by Gasteiger charge is 2.36. The highest BCUT2D eigenvalue weighted by molar-refractivity contribution is 9.10. The molecule has 0 radical (unpaired) electrons. The van der Waals surface area contributed by atoms with Crippen molar-refractivity contribution < 1.29 is 18.7 Å². The predicted molar refractivity (Wildman–Crippen MR) is 71.6 cm³/mol. The Labute approximate surface area is 119 Å². The average Bonchev–Trinajstić information content (AvgIpc) is 2.84. The summed E-state index contributed by atoms with van der Waals surface area (Å²) in [5.74, 6) is -0.662. The van der Waals surface area contributed by atoms with E-state index >= 15 is 0 Å². The van der Waals surface area contributed by atoms with Crippen LogP contribution >= 0.6 is 15.9 Å². The molecule has 1 amide bonds. The molecule has 0 aromatic heterocycles. The van der Waals surface area contributed by atoms with Crippen LogP contribution in [0.4, 0.5) is 4.39 Å². The topological polar surface area (TPSA) is 38.8 Å². The maximum absolute atomic E-state index is 13.2. The molecule has 1 aliphatic rings. The summed E-state index contributed by atoms with van der Waals surface area (Å²) in [5.41, 5.74) is 0.312. The maximum Gasteiger partial charge on any atom is 0.255 e. The third-order valence-corrected chi connectivity index (χ3v) is 3.96. The number of hydrogen-bond acceptors (Lipinski definition) is 3. The van der Waals surface area contributed by atoms with Gasteiger partial charge >= 0.3 is 0 Å². The number of rotatable bonds is 3. The number of carbonyl (C=O) groups excluding carboxylic acids is 1. The minimum Gasteiger partial charge on any atom is -0.377 e. The molecule has 1 saturated heterocycles. The number of halogens is 2. The lowest BCUT2D eigenvalue weighted by atomic mass is 10.2. The largest absolute Gasteiger partial charge is 0.377 e. The van der Waals surface area contributed by atoms with Crippen molar-refractivity contribution in [2.75, 3.05) is 27.3 Å². The number of likely N-dealkylation sites (tertiary alicyclic amines) is 1. The lowest BCUT2D eigenvalue weighted by molar-refractivity contribution is -0.00461. The van der Waals surface area contributed by atoms with Gasteiger partial charge in [0.1, 0.15) is 18.0 Å². The van der Waals surface area contributed by atoms with Gasteiger partial charge in [0.15, 0.2) is 0 Å². The monoisotopic (exact) mass is 331 g/mol. The highest BCUT2D eigenvalue weighted by atomic mass is 79.9. The summed E-state index contributed by atoms with van der Waals surface area (Å²) in [6.07, 6.45) is -0.303. The van der Waals surface area contributed by atoms with Crippen molar-refractivity contribution in [2.24, 2.45) is 0 Å². The molecule has 1 fully saturated rings. The van der Waals surface area contributed by atoms with E-state index in [2.05, 4.69) is 15.9 Å². The molecule has 1 aromatic carbocycles. The zero-order valence-electron chi connectivity index (χ0n) is 10.7. The first-order chi connectivity index (χ1) is 9.06. The fraction of sp³-hybridized carbons (Fsp3) is 0.462. The van der Waals surface area contributed by atoms with Crippen LogP contribution in [0.25, 0.3) is 0 Å². The van der Waals surface area contributed by atoms with Gasteiger partial charge in [-0.3, -0.25) is 4.79 Å². The van der Waals surface area contributed by atoms with Crippen LogP contribution in [0.3, 0.4) is 0 Å². The summed E-state index contributed by atoms with van der Waals surface area (Å²) in [4.78, 5) is 14.0. The minimum absolute atomic E-state index is 0.152. The summed E-state index contributed by atoms with van der Waals surface area (Å²) in [7, 11) is 3.17. The molecule has 0 bridgehead atoms. The quantitative estimate of drug-likeness (QED) is 0.851. The second-order valence-corrected chi connectivity index (χ2v) is 5.24. The first-order valence-electron chi connectivity index (χ1n) is 5.86. The zero-order valence-corrected chi connectivity index (χ0v) is 12.3. The molecule has 2 atom stereocenters. The average molecular weight is 332 g/mol. The zero-order chi connectivity index (χ0) is 14.0. The lowest BCUT2D eigenvalue weighted by Crippen LogP contribution is -2.30. The fourth-order valence-corrected chi connectivity index (χ4v) is 2.61. The Bertz CT molecular complexity index is 471. The van der Waals surface area contributed by atoms with Gasteiger partial charge in [-0.15, -0.1) is 0 Å². The number of amides is 1.